The molecule has 0 spiro atoms. The maximum atomic E-state index is 13.0. The van der Waals surface area contributed by atoms with Crippen LogP contribution in [0.3, 0.4) is 0 Å². The zero-order valence-corrected chi connectivity index (χ0v) is 16.9. The van der Waals surface area contributed by atoms with E-state index in [0.29, 0.717) is 23.9 Å². The lowest BCUT2D eigenvalue weighted by Gasteiger charge is -2.17. The minimum absolute atomic E-state index is 0.00493. The third-order valence-corrected chi connectivity index (χ3v) is 7.14. The van der Waals surface area contributed by atoms with Crippen LogP contribution < -0.4 is 0 Å². The molecule has 0 aliphatic carbocycles. The molecule has 1 unspecified atom stereocenters. The fourth-order valence-corrected chi connectivity index (χ4v) is 5.01. The summed E-state index contributed by atoms with van der Waals surface area (Å²) in [5.74, 6) is 0.374. The summed E-state index contributed by atoms with van der Waals surface area (Å²) in [6.45, 7) is 5.08. The largest absolute Gasteiger partial charge is 0.247 e. The number of hydrogen-bond acceptors (Lipinski definition) is 4. The van der Waals surface area contributed by atoms with Gasteiger partial charge in [-0.05, 0) is 30.0 Å². The summed E-state index contributed by atoms with van der Waals surface area (Å²) in [5, 5.41) is 8.49. The van der Waals surface area contributed by atoms with Gasteiger partial charge < -0.3 is 0 Å². The first-order valence-electron chi connectivity index (χ1n) is 9.52. The maximum absolute atomic E-state index is 13.0. The van der Waals surface area contributed by atoms with Gasteiger partial charge in [0.1, 0.15) is 5.69 Å². The van der Waals surface area contributed by atoms with Gasteiger partial charge >= 0.3 is 0 Å². The average molecular weight is 397 g/mol. The van der Waals surface area contributed by atoms with Crippen molar-refractivity contribution in [1.29, 1.82) is 0 Å². The van der Waals surface area contributed by atoms with Gasteiger partial charge in [0.2, 0.25) is 10.0 Å². The van der Waals surface area contributed by atoms with E-state index in [0.717, 1.165) is 23.2 Å². The van der Waals surface area contributed by atoms with Crippen LogP contribution in [0.1, 0.15) is 37.8 Å². The van der Waals surface area contributed by atoms with E-state index in [-0.39, 0.29) is 6.04 Å². The van der Waals surface area contributed by atoms with E-state index in [1.807, 2.05) is 48.7 Å². The molecule has 0 amide bonds. The summed E-state index contributed by atoms with van der Waals surface area (Å²) < 4.78 is 29.3. The minimum atomic E-state index is -3.50. The van der Waals surface area contributed by atoms with E-state index >= 15 is 0 Å². The summed E-state index contributed by atoms with van der Waals surface area (Å²) in [6, 6.07) is 17.1. The molecular formula is C21H24N4O2S. The number of benzene rings is 2. The van der Waals surface area contributed by atoms with Crippen LogP contribution in [0.2, 0.25) is 0 Å². The fourth-order valence-electron chi connectivity index (χ4n) is 3.52. The van der Waals surface area contributed by atoms with Crippen molar-refractivity contribution in [3.05, 3.63) is 66.4 Å². The molecule has 1 fully saturated rings. The van der Waals surface area contributed by atoms with Gasteiger partial charge in [0, 0.05) is 18.7 Å². The van der Waals surface area contributed by atoms with E-state index in [4.69, 9.17) is 0 Å². The van der Waals surface area contributed by atoms with Crippen LogP contribution in [0, 0.1) is 0 Å². The number of aromatic nitrogens is 3. The van der Waals surface area contributed by atoms with Crippen LogP contribution in [0.15, 0.2) is 65.7 Å². The molecule has 4 rings (SSSR count). The molecule has 1 aromatic heterocycles. The van der Waals surface area contributed by atoms with Crippen molar-refractivity contribution in [2.24, 2.45) is 0 Å². The molecule has 1 aliphatic heterocycles. The van der Waals surface area contributed by atoms with E-state index < -0.39 is 10.0 Å². The standard InChI is InChI=1S/C21H24N4O2S/c1-16(2)17-8-10-20(11-9-17)28(26,27)24-13-12-19(14-24)25-15-21(22-23-25)18-6-4-3-5-7-18/h3-11,15-16,19H,12-14H2,1-2H3. The average Bonchev–Trinajstić information content (AvgIpc) is 3.38. The van der Waals surface area contributed by atoms with Crippen molar-refractivity contribution in [3.8, 4) is 11.3 Å². The van der Waals surface area contributed by atoms with Crippen molar-refractivity contribution in [2.75, 3.05) is 13.1 Å². The fraction of sp³-hybridized carbons (Fsp3) is 0.333. The van der Waals surface area contributed by atoms with E-state index in [2.05, 4.69) is 24.2 Å². The van der Waals surface area contributed by atoms with Gasteiger partial charge in [0.15, 0.2) is 0 Å². The maximum Gasteiger partial charge on any atom is 0.243 e. The van der Waals surface area contributed by atoms with E-state index in [1.165, 1.54) is 0 Å². The predicted molar refractivity (Wildman–Crippen MR) is 108 cm³/mol. The van der Waals surface area contributed by atoms with Crippen LogP contribution in [0.4, 0.5) is 0 Å². The first-order valence-corrected chi connectivity index (χ1v) is 11.0. The molecule has 2 aromatic carbocycles. The molecule has 6 nitrogen and oxygen atoms in total. The smallest absolute Gasteiger partial charge is 0.243 e. The monoisotopic (exact) mass is 396 g/mol. The van der Waals surface area contributed by atoms with Crippen molar-refractivity contribution >= 4 is 10.0 Å². The van der Waals surface area contributed by atoms with Gasteiger partial charge in [-0.1, -0.05) is 61.5 Å². The Morgan fingerprint density at radius 3 is 2.43 bits per heavy atom. The van der Waals surface area contributed by atoms with Crippen LogP contribution in [0.25, 0.3) is 11.3 Å². The van der Waals surface area contributed by atoms with Crippen LogP contribution in [-0.4, -0.2) is 40.8 Å². The quantitative estimate of drug-likeness (QED) is 0.659. The molecule has 7 heteroatoms. The zero-order valence-electron chi connectivity index (χ0n) is 16.1. The Morgan fingerprint density at radius 1 is 1.04 bits per heavy atom. The highest BCUT2D eigenvalue weighted by Crippen LogP contribution is 2.28. The second-order valence-electron chi connectivity index (χ2n) is 7.48. The predicted octanol–water partition coefficient (Wildman–Crippen LogP) is 3.70. The van der Waals surface area contributed by atoms with Gasteiger partial charge in [-0.2, -0.15) is 4.31 Å². The molecule has 0 radical (unpaired) electrons. The minimum Gasteiger partial charge on any atom is -0.247 e. The lowest BCUT2D eigenvalue weighted by atomic mass is 10.0. The van der Waals surface area contributed by atoms with Gasteiger partial charge in [-0.25, -0.2) is 13.1 Å². The van der Waals surface area contributed by atoms with E-state index in [9.17, 15) is 8.42 Å². The second kappa shape index (κ2) is 7.48. The van der Waals surface area contributed by atoms with Gasteiger partial charge in [-0.3, -0.25) is 0 Å². The Kier molecular flexibility index (Phi) is 5.03. The highest BCUT2D eigenvalue weighted by molar-refractivity contribution is 7.89. The lowest BCUT2D eigenvalue weighted by molar-refractivity contribution is 0.428. The summed E-state index contributed by atoms with van der Waals surface area (Å²) in [5.41, 5.74) is 2.93. The number of rotatable bonds is 5. The normalized spacial score (nSPS) is 18.0. The Bertz CT molecular complexity index is 1040. The van der Waals surface area contributed by atoms with Crippen LogP contribution >= 0.6 is 0 Å². The summed E-state index contributed by atoms with van der Waals surface area (Å²) >= 11 is 0. The molecule has 0 N–H and O–H groups in total. The van der Waals surface area contributed by atoms with Crippen LogP contribution in [0.5, 0.6) is 0 Å². The summed E-state index contributed by atoms with van der Waals surface area (Å²) in [7, 11) is -3.50. The SMILES string of the molecule is CC(C)c1ccc(S(=O)(=O)N2CCC(n3cc(-c4ccccc4)nn3)C2)cc1. The molecule has 1 atom stereocenters. The summed E-state index contributed by atoms with van der Waals surface area (Å²) in [4.78, 5) is 0.348. The molecule has 1 saturated heterocycles. The van der Waals surface area contributed by atoms with Crippen molar-refractivity contribution in [1.82, 2.24) is 19.3 Å². The molecular weight excluding hydrogens is 372 g/mol. The molecule has 28 heavy (non-hydrogen) atoms. The molecule has 1 aliphatic rings. The number of nitrogens with zero attached hydrogens (tertiary/aromatic N) is 4. The summed E-state index contributed by atoms with van der Waals surface area (Å²) in [6.07, 6.45) is 2.62. The van der Waals surface area contributed by atoms with Gasteiger partial charge in [-0.15, -0.1) is 5.10 Å². The van der Waals surface area contributed by atoms with Crippen molar-refractivity contribution in [3.63, 3.8) is 0 Å². The third kappa shape index (κ3) is 3.59. The molecule has 0 saturated carbocycles. The molecule has 146 valence electrons. The molecule has 2 heterocycles. The first-order chi connectivity index (χ1) is 13.4. The molecule has 3 aromatic rings. The Morgan fingerprint density at radius 2 is 1.75 bits per heavy atom. The zero-order chi connectivity index (χ0) is 19.7. The molecule has 0 bridgehead atoms. The lowest BCUT2D eigenvalue weighted by Crippen LogP contribution is -2.29. The second-order valence-corrected chi connectivity index (χ2v) is 9.42. The highest BCUT2D eigenvalue weighted by atomic mass is 32.2. The van der Waals surface area contributed by atoms with Gasteiger partial charge in [0.25, 0.3) is 0 Å². The highest BCUT2D eigenvalue weighted by Gasteiger charge is 2.34. The first kappa shape index (κ1) is 18.8. The van der Waals surface area contributed by atoms with Gasteiger partial charge in [0.05, 0.1) is 17.1 Å². The van der Waals surface area contributed by atoms with Crippen molar-refractivity contribution < 1.29 is 8.42 Å². The van der Waals surface area contributed by atoms with E-state index in [1.54, 1.807) is 21.1 Å². The van der Waals surface area contributed by atoms with Crippen LogP contribution in [-0.2, 0) is 10.0 Å². The Hall–Kier alpha value is -2.51. The Labute approximate surface area is 165 Å². The third-order valence-electron chi connectivity index (χ3n) is 5.26. The topological polar surface area (TPSA) is 68.1 Å². The number of sulfonamides is 1. The number of hydrogen-bond donors (Lipinski definition) is 0. The van der Waals surface area contributed by atoms with Crippen molar-refractivity contribution in [2.45, 2.75) is 37.1 Å². The Balaban J connectivity index is 1.50.